The summed E-state index contributed by atoms with van der Waals surface area (Å²) in [6.45, 7) is 2.14. The molecule has 3 heterocycles. The molecule has 22 heavy (non-hydrogen) atoms. The first kappa shape index (κ1) is 13.9. The van der Waals surface area contributed by atoms with Gasteiger partial charge in [-0.05, 0) is 25.1 Å². The molecule has 1 N–H and O–H groups in total. The maximum absolute atomic E-state index is 12.1. The Bertz CT molecular complexity index is 791. The number of carbonyl (C=O) groups excluding carboxylic acids is 1. The lowest BCUT2D eigenvalue weighted by molar-refractivity contribution is 0.0941. The number of aryl methyl sites for hydroxylation is 2. The average molecular weight is 297 g/mol. The Morgan fingerprint density at radius 1 is 1.32 bits per heavy atom. The Hall–Kier alpha value is -3.03. The summed E-state index contributed by atoms with van der Waals surface area (Å²) in [6, 6.07) is 5.40. The van der Waals surface area contributed by atoms with E-state index in [1.165, 1.54) is 0 Å². The quantitative estimate of drug-likeness (QED) is 0.763. The van der Waals surface area contributed by atoms with E-state index in [0.29, 0.717) is 17.9 Å². The minimum absolute atomic E-state index is 0.193. The molecule has 3 aromatic heterocycles. The Morgan fingerprint density at radius 3 is 2.77 bits per heavy atom. The van der Waals surface area contributed by atoms with Crippen LogP contribution in [0.4, 0.5) is 0 Å². The third-order valence-electron chi connectivity index (χ3n) is 3.13. The molecule has 8 nitrogen and oxygen atoms in total. The topological polar surface area (TPSA) is 90.5 Å². The van der Waals surface area contributed by atoms with Crippen molar-refractivity contribution in [3.63, 3.8) is 0 Å². The number of rotatable bonds is 4. The van der Waals surface area contributed by atoms with E-state index in [-0.39, 0.29) is 5.91 Å². The second-order valence-corrected chi connectivity index (χ2v) is 4.84. The Morgan fingerprint density at radius 2 is 2.09 bits per heavy atom. The first-order valence-corrected chi connectivity index (χ1v) is 6.74. The first-order valence-electron chi connectivity index (χ1n) is 6.74. The minimum atomic E-state index is -0.193. The van der Waals surface area contributed by atoms with Crippen LogP contribution in [0.3, 0.4) is 0 Å². The number of carbonyl (C=O) groups is 1. The molecular formula is C14H15N7O. The van der Waals surface area contributed by atoms with Gasteiger partial charge < -0.3 is 5.32 Å². The lowest BCUT2D eigenvalue weighted by Gasteiger charge is -2.02. The zero-order chi connectivity index (χ0) is 15.5. The molecule has 0 saturated carbocycles. The van der Waals surface area contributed by atoms with Crippen LogP contribution in [0.5, 0.6) is 0 Å². The van der Waals surface area contributed by atoms with Gasteiger partial charge in [-0.1, -0.05) is 5.21 Å². The summed E-state index contributed by atoms with van der Waals surface area (Å²) in [5.41, 5.74) is 2.85. The summed E-state index contributed by atoms with van der Waals surface area (Å²) in [5.74, 6) is -0.193. The lowest BCUT2D eigenvalue weighted by Crippen LogP contribution is -2.25. The van der Waals surface area contributed by atoms with E-state index in [1.807, 2.05) is 19.1 Å². The van der Waals surface area contributed by atoms with E-state index in [1.54, 1.807) is 41.1 Å². The van der Waals surface area contributed by atoms with Crippen LogP contribution in [0.25, 0.3) is 5.69 Å². The molecule has 0 unspecified atom stereocenters. The summed E-state index contributed by atoms with van der Waals surface area (Å²) in [4.78, 5) is 16.0. The molecule has 0 radical (unpaired) electrons. The molecule has 0 aromatic carbocycles. The highest BCUT2D eigenvalue weighted by Gasteiger charge is 2.12. The molecule has 0 fully saturated rings. The van der Waals surface area contributed by atoms with Gasteiger partial charge >= 0.3 is 0 Å². The Kier molecular flexibility index (Phi) is 3.65. The average Bonchev–Trinajstić information content (AvgIpc) is 3.12. The summed E-state index contributed by atoms with van der Waals surface area (Å²) in [7, 11) is 1.74. The van der Waals surface area contributed by atoms with Crippen LogP contribution < -0.4 is 5.32 Å². The number of hydrogen-bond acceptors (Lipinski definition) is 5. The van der Waals surface area contributed by atoms with Crippen LogP contribution in [-0.2, 0) is 13.6 Å². The van der Waals surface area contributed by atoms with E-state index in [0.717, 1.165) is 11.4 Å². The third kappa shape index (κ3) is 2.85. The first-order chi connectivity index (χ1) is 10.6. The van der Waals surface area contributed by atoms with Crippen LogP contribution in [0.15, 0.2) is 36.8 Å². The Balaban J connectivity index is 1.66. The summed E-state index contributed by atoms with van der Waals surface area (Å²) >= 11 is 0. The number of amides is 1. The van der Waals surface area contributed by atoms with Crippen molar-refractivity contribution in [1.29, 1.82) is 0 Å². The molecule has 0 atom stereocenters. The van der Waals surface area contributed by atoms with E-state index < -0.39 is 0 Å². The standard InChI is InChI=1S/C14H15N7O/c1-10-7-13(20(2)18-10)14(22)16-8-11-9-21(19-17-11)12-3-5-15-6-4-12/h3-7,9H,8H2,1-2H3,(H,16,22). The summed E-state index contributed by atoms with van der Waals surface area (Å²) in [5, 5.41) is 15.0. The van der Waals surface area contributed by atoms with E-state index in [2.05, 4.69) is 25.7 Å². The lowest BCUT2D eigenvalue weighted by atomic mass is 10.3. The smallest absolute Gasteiger partial charge is 0.269 e. The number of nitrogens with one attached hydrogen (secondary N) is 1. The fourth-order valence-corrected chi connectivity index (χ4v) is 2.09. The van der Waals surface area contributed by atoms with Crippen molar-refractivity contribution in [3.05, 3.63) is 53.9 Å². The molecule has 1 amide bonds. The Labute approximate surface area is 126 Å². The highest BCUT2D eigenvalue weighted by atomic mass is 16.2. The predicted molar refractivity (Wildman–Crippen MR) is 78.3 cm³/mol. The van der Waals surface area contributed by atoms with Crippen LogP contribution in [0.1, 0.15) is 21.9 Å². The van der Waals surface area contributed by atoms with Crippen LogP contribution in [-0.4, -0.2) is 35.7 Å². The summed E-state index contributed by atoms with van der Waals surface area (Å²) in [6.07, 6.45) is 5.14. The zero-order valence-electron chi connectivity index (χ0n) is 12.3. The van der Waals surface area contributed by atoms with Crippen LogP contribution in [0, 0.1) is 6.92 Å². The molecule has 0 aliphatic carbocycles. The summed E-state index contributed by atoms with van der Waals surface area (Å²) < 4.78 is 3.19. The van der Waals surface area contributed by atoms with Gasteiger partial charge in [0.05, 0.1) is 24.1 Å². The predicted octanol–water partition coefficient (Wildman–Crippen LogP) is 0.634. The number of pyridine rings is 1. The van der Waals surface area contributed by atoms with Crippen LogP contribution >= 0.6 is 0 Å². The van der Waals surface area contributed by atoms with Crippen molar-refractivity contribution in [3.8, 4) is 5.69 Å². The second kappa shape index (κ2) is 5.76. The third-order valence-corrected chi connectivity index (χ3v) is 3.13. The maximum Gasteiger partial charge on any atom is 0.269 e. The van der Waals surface area contributed by atoms with Crippen molar-refractivity contribution in [2.45, 2.75) is 13.5 Å². The largest absolute Gasteiger partial charge is 0.345 e. The maximum atomic E-state index is 12.1. The van der Waals surface area contributed by atoms with Gasteiger partial charge in [0.15, 0.2) is 0 Å². The number of nitrogens with zero attached hydrogens (tertiary/aromatic N) is 6. The number of hydrogen-bond donors (Lipinski definition) is 1. The monoisotopic (exact) mass is 297 g/mol. The minimum Gasteiger partial charge on any atom is -0.345 e. The molecule has 0 aliphatic heterocycles. The van der Waals surface area contributed by atoms with Gasteiger partial charge in [-0.3, -0.25) is 14.5 Å². The van der Waals surface area contributed by atoms with Crippen molar-refractivity contribution < 1.29 is 4.79 Å². The van der Waals surface area contributed by atoms with Crippen LogP contribution in [0.2, 0.25) is 0 Å². The number of aromatic nitrogens is 6. The van der Waals surface area contributed by atoms with E-state index >= 15 is 0 Å². The van der Waals surface area contributed by atoms with Gasteiger partial charge in [0.2, 0.25) is 0 Å². The molecule has 0 aliphatic rings. The fourth-order valence-electron chi connectivity index (χ4n) is 2.09. The van der Waals surface area contributed by atoms with Gasteiger partial charge in [0.1, 0.15) is 11.4 Å². The van der Waals surface area contributed by atoms with Gasteiger partial charge in [-0.2, -0.15) is 5.10 Å². The SMILES string of the molecule is Cc1cc(C(=O)NCc2cn(-c3ccncc3)nn2)n(C)n1. The van der Waals surface area contributed by atoms with Crippen molar-refractivity contribution in [1.82, 2.24) is 35.1 Å². The zero-order valence-corrected chi connectivity index (χ0v) is 12.3. The molecule has 0 bridgehead atoms. The van der Waals surface area contributed by atoms with Gasteiger partial charge in [0, 0.05) is 19.4 Å². The normalized spacial score (nSPS) is 10.6. The van der Waals surface area contributed by atoms with Gasteiger partial charge in [0.25, 0.3) is 5.91 Å². The molecule has 0 spiro atoms. The second-order valence-electron chi connectivity index (χ2n) is 4.84. The van der Waals surface area contributed by atoms with Gasteiger partial charge in [-0.15, -0.1) is 5.10 Å². The molecule has 0 saturated heterocycles. The molecule has 112 valence electrons. The van der Waals surface area contributed by atoms with Crippen molar-refractivity contribution in [2.75, 3.05) is 0 Å². The molecule has 3 rings (SSSR count). The van der Waals surface area contributed by atoms with Crippen molar-refractivity contribution in [2.24, 2.45) is 7.05 Å². The van der Waals surface area contributed by atoms with E-state index in [9.17, 15) is 4.79 Å². The highest BCUT2D eigenvalue weighted by Crippen LogP contribution is 2.05. The molecular weight excluding hydrogens is 282 g/mol. The highest BCUT2D eigenvalue weighted by molar-refractivity contribution is 5.92. The van der Waals surface area contributed by atoms with Gasteiger partial charge in [-0.25, -0.2) is 4.68 Å². The molecule has 3 aromatic rings. The fraction of sp³-hybridized carbons (Fsp3) is 0.214. The van der Waals surface area contributed by atoms with E-state index in [4.69, 9.17) is 0 Å². The molecule has 8 heteroatoms. The van der Waals surface area contributed by atoms with Crippen molar-refractivity contribution >= 4 is 5.91 Å².